The molecule has 0 fully saturated rings. The largest absolute Gasteiger partial charge is 0.482 e. The van der Waals surface area contributed by atoms with Crippen molar-refractivity contribution >= 4 is 58.3 Å². The molecule has 0 unspecified atom stereocenters. The molecule has 2 aliphatic rings. The van der Waals surface area contributed by atoms with E-state index in [-0.39, 0.29) is 62.0 Å². The third kappa shape index (κ3) is 7.88. The van der Waals surface area contributed by atoms with E-state index in [0.29, 0.717) is 46.0 Å². The lowest BCUT2D eigenvalue weighted by Gasteiger charge is -2.31. The van der Waals surface area contributed by atoms with E-state index in [1.807, 2.05) is 86.6 Å². The molecule has 0 aliphatic carbocycles. The molecule has 2 amide bonds. The van der Waals surface area contributed by atoms with Gasteiger partial charge in [-0.3, -0.25) is 19.2 Å². The van der Waals surface area contributed by atoms with Crippen LogP contribution in [0.15, 0.2) is 72.8 Å². The van der Waals surface area contributed by atoms with Gasteiger partial charge < -0.3 is 28.7 Å². The first-order valence-corrected chi connectivity index (χ1v) is 17.7. The summed E-state index contributed by atoms with van der Waals surface area (Å²) in [6, 6.07) is 22.7. The van der Waals surface area contributed by atoms with Gasteiger partial charge in [-0.2, -0.15) is 0 Å². The lowest BCUT2D eigenvalue weighted by atomic mass is 9.95. The van der Waals surface area contributed by atoms with Gasteiger partial charge in [0.15, 0.2) is 13.2 Å². The van der Waals surface area contributed by atoms with Crippen molar-refractivity contribution in [1.29, 1.82) is 0 Å². The number of ether oxygens (including phenoxy) is 4. The van der Waals surface area contributed by atoms with Crippen LogP contribution in [0.2, 0.25) is 10.0 Å². The van der Waals surface area contributed by atoms with Crippen LogP contribution in [-0.2, 0) is 28.7 Å². The topological polar surface area (TPSA) is 112 Å². The molecule has 0 saturated heterocycles. The summed E-state index contributed by atoms with van der Waals surface area (Å²) in [6.45, 7) is 7.49. The second kappa shape index (κ2) is 15.7. The lowest BCUT2D eigenvalue weighted by Crippen LogP contribution is -2.42. The zero-order chi connectivity index (χ0) is 37.1. The Morgan fingerprint density at radius 2 is 1.04 bits per heavy atom. The van der Waals surface area contributed by atoms with Crippen LogP contribution in [-0.4, -0.2) is 63.3 Å². The summed E-state index contributed by atoms with van der Waals surface area (Å²) in [5, 5.41) is 0.983. The first-order chi connectivity index (χ1) is 24.9. The predicted octanol–water partition coefficient (Wildman–Crippen LogP) is 7.84. The molecular weight excluding hydrogens is 707 g/mol. The molecule has 270 valence electrons. The maximum atomic E-state index is 12.8. The van der Waals surface area contributed by atoms with Crippen molar-refractivity contribution in [3.05, 3.63) is 82.8 Å². The second-order valence-corrected chi connectivity index (χ2v) is 13.9. The summed E-state index contributed by atoms with van der Waals surface area (Å²) in [5.41, 5.74) is 5.84. The van der Waals surface area contributed by atoms with Crippen LogP contribution in [0.1, 0.15) is 27.7 Å². The average molecular weight is 746 g/mol. The standard InChI is InChI=1S/C40H38Cl2N2O8/c1-23(19-49-25(3)45)17-43-33-13-11-27(15-35(33)51-21-37(43)47)29-7-5-9-31(39(29)41)32-10-6-8-30(40(32)42)28-12-14-34-36(16-28)52-22-38(48)44(34)18-24(2)20-50-26(4)46/h5-16,23-24H,17-22H2,1-4H3/t23-,24-/m0/s1. The Morgan fingerprint density at radius 3 is 1.42 bits per heavy atom. The summed E-state index contributed by atoms with van der Waals surface area (Å²) in [7, 11) is 0. The Kier molecular flexibility index (Phi) is 11.1. The number of hydrogen-bond donors (Lipinski definition) is 0. The van der Waals surface area contributed by atoms with Gasteiger partial charge in [-0.15, -0.1) is 0 Å². The van der Waals surface area contributed by atoms with E-state index in [1.165, 1.54) is 13.8 Å². The molecule has 4 aromatic rings. The SMILES string of the molecule is CC(=O)OC[C@@H](C)CN1C(=O)COc2cc(-c3cccc(-c4cccc(-c5ccc6c(c5)OCC(=O)N6C[C@H](C)COC(C)=O)c4Cl)c3Cl)ccc21. The molecule has 0 bridgehead atoms. The number of amides is 2. The molecule has 52 heavy (non-hydrogen) atoms. The minimum Gasteiger partial charge on any atom is -0.482 e. The molecular formula is C40H38Cl2N2O8. The monoisotopic (exact) mass is 744 g/mol. The van der Waals surface area contributed by atoms with Crippen LogP contribution in [0, 0.1) is 11.8 Å². The van der Waals surface area contributed by atoms with Crippen molar-refractivity contribution in [2.24, 2.45) is 11.8 Å². The zero-order valence-corrected chi connectivity index (χ0v) is 30.8. The van der Waals surface area contributed by atoms with Crippen LogP contribution in [0.3, 0.4) is 0 Å². The molecule has 2 atom stereocenters. The highest BCUT2D eigenvalue weighted by atomic mass is 35.5. The number of hydrogen-bond acceptors (Lipinski definition) is 8. The summed E-state index contributed by atoms with van der Waals surface area (Å²) in [5.74, 6) is -0.134. The second-order valence-electron chi connectivity index (χ2n) is 13.1. The number of rotatable bonds is 11. The van der Waals surface area contributed by atoms with Gasteiger partial charge in [-0.1, -0.05) is 85.6 Å². The predicted molar refractivity (Wildman–Crippen MR) is 200 cm³/mol. The van der Waals surface area contributed by atoms with Gasteiger partial charge in [0.2, 0.25) is 0 Å². The quantitative estimate of drug-likeness (QED) is 0.143. The normalized spacial score (nSPS) is 14.8. The Bertz CT molecular complexity index is 1910. The fourth-order valence-corrected chi connectivity index (χ4v) is 6.99. The Hall–Kier alpha value is -5.06. The summed E-state index contributed by atoms with van der Waals surface area (Å²) >= 11 is 14.3. The van der Waals surface area contributed by atoms with Crippen molar-refractivity contribution in [2.45, 2.75) is 27.7 Å². The first kappa shape index (κ1) is 36.7. The molecule has 10 nitrogen and oxygen atoms in total. The van der Waals surface area contributed by atoms with Gasteiger partial charge in [0.05, 0.1) is 34.6 Å². The molecule has 12 heteroatoms. The molecule has 0 radical (unpaired) electrons. The molecule has 2 heterocycles. The van der Waals surface area contributed by atoms with Gasteiger partial charge >= 0.3 is 11.9 Å². The van der Waals surface area contributed by atoms with Gasteiger partial charge in [0.1, 0.15) is 11.5 Å². The Balaban J connectivity index is 1.27. The molecule has 6 rings (SSSR count). The van der Waals surface area contributed by atoms with Crippen LogP contribution in [0.5, 0.6) is 11.5 Å². The molecule has 2 aliphatic heterocycles. The summed E-state index contributed by atoms with van der Waals surface area (Å²) < 4.78 is 22.0. The van der Waals surface area contributed by atoms with E-state index in [4.69, 9.17) is 42.1 Å². The van der Waals surface area contributed by atoms with E-state index in [1.54, 1.807) is 9.80 Å². The molecule has 0 N–H and O–H groups in total. The number of anilines is 2. The first-order valence-electron chi connectivity index (χ1n) is 16.9. The highest BCUT2D eigenvalue weighted by Gasteiger charge is 2.29. The van der Waals surface area contributed by atoms with Crippen LogP contribution in [0.25, 0.3) is 33.4 Å². The summed E-state index contributed by atoms with van der Waals surface area (Å²) in [6.07, 6.45) is 0. The van der Waals surface area contributed by atoms with E-state index < -0.39 is 0 Å². The van der Waals surface area contributed by atoms with Crippen molar-refractivity contribution in [3.8, 4) is 44.9 Å². The van der Waals surface area contributed by atoms with E-state index in [0.717, 1.165) is 33.4 Å². The van der Waals surface area contributed by atoms with Gasteiger partial charge in [0.25, 0.3) is 11.8 Å². The maximum Gasteiger partial charge on any atom is 0.302 e. The molecule has 0 spiro atoms. The lowest BCUT2D eigenvalue weighted by molar-refractivity contribution is -0.143. The Morgan fingerprint density at radius 1 is 0.654 bits per heavy atom. The van der Waals surface area contributed by atoms with Crippen molar-refractivity contribution in [1.82, 2.24) is 0 Å². The highest BCUT2D eigenvalue weighted by molar-refractivity contribution is 6.39. The Labute approximate surface area is 312 Å². The van der Waals surface area contributed by atoms with Crippen molar-refractivity contribution < 1.29 is 38.1 Å². The van der Waals surface area contributed by atoms with Crippen molar-refractivity contribution in [3.63, 3.8) is 0 Å². The fourth-order valence-electron chi connectivity index (χ4n) is 6.32. The summed E-state index contributed by atoms with van der Waals surface area (Å²) in [4.78, 5) is 51.5. The molecule has 0 aromatic heterocycles. The van der Waals surface area contributed by atoms with Crippen LogP contribution in [0.4, 0.5) is 11.4 Å². The fraction of sp³-hybridized carbons (Fsp3) is 0.300. The van der Waals surface area contributed by atoms with Crippen LogP contribution < -0.4 is 19.3 Å². The van der Waals surface area contributed by atoms with E-state index >= 15 is 0 Å². The minimum absolute atomic E-state index is 0.0773. The maximum absolute atomic E-state index is 12.8. The number of esters is 2. The van der Waals surface area contributed by atoms with Gasteiger partial charge in [-0.05, 0) is 35.4 Å². The van der Waals surface area contributed by atoms with Gasteiger partial charge in [-0.25, -0.2) is 0 Å². The zero-order valence-electron chi connectivity index (χ0n) is 29.2. The van der Waals surface area contributed by atoms with E-state index in [9.17, 15) is 19.2 Å². The molecule has 0 saturated carbocycles. The van der Waals surface area contributed by atoms with E-state index in [2.05, 4.69) is 0 Å². The van der Waals surface area contributed by atoms with Gasteiger partial charge in [0, 0.05) is 61.0 Å². The van der Waals surface area contributed by atoms with Crippen molar-refractivity contribution in [2.75, 3.05) is 49.3 Å². The number of halogens is 2. The number of fused-ring (bicyclic) bond motifs is 2. The smallest absolute Gasteiger partial charge is 0.302 e. The third-order valence-electron chi connectivity index (χ3n) is 8.85. The number of nitrogens with zero attached hydrogens (tertiary/aromatic N) is 2. The highest BCUT2D eigenvalue weighted by Crippen LogP contribution is 2.45. The minimum atomic E-state index is -0.364. The number of benzene rings is 4. The number of carbonyl (C=O) groups is 4. The average Bonchev–Trinajstić information content (AvgIpc) is 3.12. The third-order valence-corrected chi connectivity index (χ3v) is 9.66. The van der Waals surface area contributed by atoms with Crippen LogP contribution >= 0.6 is 23.2 Å². The number of carbonyl (C=O) groups excluding carboxylic acids is 4. The molecule has 4 aromatic carbocycles.